The fourth-order valence-corrected chi connectivity index (χ4v) is 1.83. The molecule has 1 aliphatic heterocycles. The molecule has 0 bridgehead atoms. The maximum absolute atomic E-state index is 5.79. The molecule has 16 heavy (non-hydrogen) atoms. The van der Waals surface area contributed by atoms with E-state index in [4.69, 9.17) is 9.47 Å². The lowest BCUT2D eigenvalue weighted by Crippen LogP contribution is -2.16. The number of rotatable bonds is 5. The van der Waals surface area contributed by atoms with Crippen LogP contribution in [0, 0.1) is 0 Å². The molecule has 2 rings (SSSR count). The first-order chi connectivity index (χ1) is 7.88. The Labute approximate surface area is 96.8 Å². The van der Waals surface area contributed by atoms with Crippen LogP contribution in [0.3, 0.4) is 0 Å². The van der Waals surface area contributed by atoms with Gasteiger partial charge in [-0.15, -0.1) is 0 Å². The van der Waals surface area contributed by atoms with Crippen molar-refractivity contribution < 1.29 is 9.47 Å². The van der Waals surface area contributed by atoms with Crippen molar-refractivity contribution in [2.75, 3.05) is 19.7 Å². The zero-order valence-corrected chi connectivity index (χ0v) is 9.74. The Kier molecular flexibility index (Phi) is 4.19. The summed E-state index contributed by atoms with van der Waals surface area (Å²) < 4.78 is 11.2. The zero-order chi connectivity index (χ0) is 11.2. The average molecular weight is 221 g/mol. The van der Waals surface area contributed by atoms with E-state index >= 15 is 0 Å². The van der Waals surface area contributed by atoms with Crippen molar-refractivity contribution in [2.45, 2.75) is 26.1 Å². The lowest BCUT2D eigenvalue weighted by molar-refractivity contribution is 0.0542. The quantitative estimate of drug-likeness (QED) is 0.824. The second-order valence-electron chi connectivity index (χ2n) is 4.00. The minimum Gasteiger partial charge on any atom is -0.494 e. The van der Waals surface area contributed by atoms with E-state index in [9.17, 15) is 0 Å². The highest BCUT2D eigenvalue weighted by atomic mass is 16.5. The van der Waals surface area contributed by atoms with E-state index in [0.717, 1.165) is 25.3 Å². The van der Waals surface area contributed by atoms with Crippen molar-refractivity contribution in [3.63, 3.8) is 0 Å². The maximum atomic E-state index is 5.79. The molecule has 88 valence electrons. The molecule has 1 atom stereocenters. The molecule has 1 heterocycles. The van der Waals surface area contributed by atoms with Gasteiger partial charge in [-0.1, -0.05) is 12.1 Å². The molecule has 3 heteroatoms. The van der Waals surface area contributed by atoms with E-state index in [1.165, 1.54) is 5.56 Å². The molecule has 0 aromatic heterocycles. The molecule has 1 unspecified atom stereocenters. The lowest BCUT2D eigenvalue weighted by atomic mass is 10.2. The molecule has 1 aliphatic rings. The van der Waals surface area contributed by atoms with Gasteiger partial charge in [-0.3, -0.25) is 0 Å². The number of ether oxygens (including phenoxy) is 2. The first-order valence-electron chi connectivity index (χ1n) is 5.92. The van der Waals surface area contributed by atoms with Crippen LogP contribution in [0.15, 0.2) is 24.3 Å². The van der Waals surface area contributed by atoms with Gasteiger partial charge in [0.15, 0.2) is 0 Å². The van der Waals surface area contributed by atoms with Crippen LogP contribution < -0.4 is 10.1 Å². The highest BCUT2D eigenvalue weighted by molar-refractivity contribution is 5.26. The maximum Gasteiger partial charge on any atom is 0.119 e. The largest absolute Gasteiger partial charge is 0.494 e. The topological polar surface area (TPSA) is 30.5 Å². The molecule has 1 aromatic carbocycles. The first-order valence-corrected chi connectivity index (χ1v) is 5.92. The van der Waals surface area contributed by atoms with Gasteiger partial charge in [-0.2, -0.15) is 0 Å². The third-order valence-electron chi connectivity index (χ3n) is 2.74. The van der Waals surface area contributed by atoms with Crippen LogP contribution in [0.1, 0.15) is 18.9 Å². The molecule has 1 fully saturated rings. The Morgan fingerprint density at radius 3 is 2.75 bits per heavy atom. The van der Waals surface area contributed by atoms with Gasteiger partial charge in [0.05, 0.1) is 19.3 Å². The standard InChI is InChI=1S/C13H19NO2/c1-2-15-12-5-3-11(4-6-12)10-16-13-7-8-14-9-13/h3-6,13-14H,2,7-10H2,1H3. The third kappa shape index (κ3) is 3.22. The molecule has 0 amide bonds. The summed E-state index contributed by atoms with van der Waals surface area (Å²) in [7, 11) is 0. The van der Waals surface area contributed by atoms with Gasteiger partial charge in [-0.05, 0) is 37.6 Å². The summed E-state index contributed by atoms with van der Waals surface area (Å²) in [6.45, 7) is 5.46. The molecular formula is C13H19NO2. The van der Waals surface area contributed by atoms with E-state index in [2.05, 4.69) is 17.4 Å². The first kappa shape index (κ1) is 11.4. The minimum atomic E-state index is 0.381. The van der Waals surface area contributed by atoms with E-state index in [0.29, 0.717) is 19.3 Å². The van der Waals surface area contributed by atoms with Gasteiger partial charge in [0.2, 0.25) is 0 Å². The van der Waals surface area contributed by atoms with Crippen LogP contribution in [0.5, 0.6) is 5.75 Å². The van der Waals surface area contributed by atoms with Crippen molar-refractivity contribution >= 4 is 0 Å². The second kappa shape index (κ2) is 5.87. The minimum absolute atomic E-state index is 0.381. The predicted octanol–water partition coefficient (Wildman–Crippen LogP) is 1.96. The van der Waals surface area contributed by atoms with E-state index in [-0.39, 0.29) is 0 Å². The molecule has 1 N–H and O–H groups in total. The number of benzene rings is 1. The van der Waals surface area contributed by atoms with Crippen LogP contribution in [0.4, 0.5) is 0 Å². The summed E-state index contributed by atoms with van der Waals surface area (Å²) in [5, 5.41) is 3.29. The molecule has 1 saturated heterocycles. The number of hydrogen-bond acceptors (Lipinski definition) is 3. The molecule has 0 aliphatic carbocycles. The highest BCUT2D eigenvalue weighted by Gasteiger charge is 2.14. The molecule has 0 saturated carbocycles. The van der Waals surface area contributed by atoms with Crippen molar-refractivity contribution in [1.29, 1.82) is 0 Å². The van der Waals surface area contributed by atoms with Gasteiger partial charge in [-0.25, -0.2) is 0 Å². The lowest BCUT2D eigenvalue weighted by Gasteiger charge is -2.10. The van der Waals surface area contributed by atoms with Gasteiger partial charge >= 0.3 is 0 Å². The Morgan fingerprint density at radius 1 is 1.31 bits per heavy atom. The fourth-order valence-electron chi connectivity index (χ4n) is 1.83. The zero-order valence-electron chi connectivity index (χ0n) is 9.74. The van der Waals surface area contributed by atoms with E-state index in [1.54, 1.807) is 0 Å². The Morgan fingerprint density at radius 2 is 2.12 bits per heavy atom. The summed E-state index contributed by atoms with van der Waals surface area (Å²) in [5.41, 5.74) is 1.20. The van der Waals surface area contributed by atoms with Gasteiger partial charge in [0.25, 0.3) is 0 Å². The summed E-state index contributed by atoms with van der Waals surface area (Å²) in [6.07, 6.45) is 1.50. The van der Waals surface area contributed by atoms with E-state index in [1.807, 2.05) is 19.1 Å². The summed E-state index contributed by atoms with van der Waals surface area (Å²) in [6, 6.07) is 8.12. The SMILES string of the molecule is CCOc1ccc(COC2CCNC2)cc1. The van der Waals surface area contributed by atoms with Crippen LogP contribution in [-0.2, 0) is 11.3 Å². The van der Waals surface area contributed by atoms with Gasteiger partial charge in [0.1, 0.15) is 5.75 Å². The molecular weight excluding hydrogens is 202 g/mol. The Balaban J connectivity index is 1.80. The van der Waals surface area contributed by atoms with Crippen LogP contribution in [-0.4, -0.2) is 25.8 Å². The molecule has 0 radical (unpaired) electrons. The van der Waals surface area contributed by atoms with Crippen molar-refractivity contribution in [3.05, 3.63) is 29.8 Å². The Hall–Kier alpha value is -1.06. The summed E-state index contributed by atoms with van der Waals surface area (Å²) >= 11 is 0. The van der Waals surface area contributed by atoms with Crippen LogP contribution >= 0.6 is 0 Å². The fraction of sp³-hybridized carbons (Fsp3) is 0.538. The van der Waals surface area contributed by atoms with Crippen molar-refractivity contribution in [2.24, 2.45) is 0 Å². The van der Waals surface area contributed by atoms with Crippen LogP contribution in [0.25, 0.3) is 0 Å². The molecule has 0 spiro atoms. The highest BCUT2D eigenvalue weighted by Crippen LogP contribution is 2.14. The van der Waals surface area contributed by atoms with Crippen molar-refractivity contribution in [1.82, 2.24) is 5.32 Å². The summed E-state index contributed by atoms with van der Waals surface area (Å²) in [5.74, 6) is 0.925. The van der Waals surface area contributed by atoms with Gasteiger partial charge < -0.3 is 14.8 Å². The van der Waals surface area contributed by atoms with Crippen LogP contribution in [0.2, 0.25) is 0 Å². The molecule has 3 nitrogen and oxygen atoms in total. The van der Waals surface area contributed by atoms with E-state index < -0.39 is 0 Å². The predicted molar refractivity (Wildman–Crippen MR) is 63.7 cm³/mol. The molecule has 1 aromatic rings. The smallest absolute Gasteiger partial charge is 0.119 e. The third-order valence-corrected chi connectivity index (χ3v) is 2.74. The summed E-state index contributed by atoms with van der Waals surface area (Å²) in [4.78, 5) is 0. The second-order valence-corrected chi connectivity index (χ2v) is 4.00. The average Bonchev–Trinajstić information content (AvgIpc) is 2.82. The van der Waals surface area contributed by atoms with Gasteiger partial charge in [0, 0.05) is 6.54 Å². The Bertz CT molecular complexity index is 304. The number of hydrogen-bond donors (Lipinski definition) is 1. The number of nitrogens with one attached hydrogen (secondary N) is 1. The normalized spacial score (nSPS) is 19.9. The van der Waals surface area contributed by atoms with Crippen molar-refractivity contribution in [3.8, 4) is 5.75 Å². The monoisotopic (exact) mass is 221 g/mol.